The van der Waals surface area contributed by atoms with E-state index in [4.69, 9.17) is 9.47 Å². The van der Waals surface area contributed by atoms with Crippen molar-refractivity contribution in [2.45, 2.75) is 89.8 Å². The first-order chi connectivity index (χ1) is 14.8. The first kappa shape index (κ1) is 21.4. The summed E-state index contributed by atoms with van der Waals surface area (Å²) in [5.74, 6) is 2.66. The molecule has 2 fully saturated rings. The summed E-state index contributed by atoms with van der Waals surface area (Å²) in [5.41, 5.74) is 4.06. The molecule has 4 rings (SSSR count). The third kappa shape index (κ3) is 5.66. The lowest BCUT2D eigenvalue weighted by Gasteiger charge is -2.28. The highest BCUT2D eigenvalue weighted by molar-refractivity contribution is 5.64. The Bertz CT molecular complexity index is 756. The summed E-state index contributed by atoms with van der Waals surface area (Å²) >= 11 is 0. The molecule has 2 nitrogen and oxygen atoms in total. The van der Waals surface area contributed by atoms with E-state index >= 15 is 0 Å². The molecule has 2 aromatic rings. The van der Waals surface area contributed by atoms with Crippen molar-refractivity contribution >= 4 is 0 Å². The van der Waals surface area contributed by atoms with Gasteiger partial charge in [0.15, 0.2) is 0 Å². The average molecular weight is 407 g/mol. The molecule has 30 heavy (non-hydrogen) atoms. The lowest BCUT2D eigenvalue weighted by Crippen LogP contribution is -2.13. The second-order valence-corrected chi connectivity index (χ2v) is 9.32. The number of unbranched alkanes of at least 4 members (excludes halogenated alkanes) is 1. The normalized spacial score (nSPS) is 25.8. The van der Waals surface area contributed by atoms with Crippen molar-refractivity contribution in [3.63, 3.8) is 0 Å². The Labute approximate surface area is 183 Å². The zero-order valence-electron chi connectivity index (χ0n) is 18.8. The number of epoxide rings is 1. The molecular weight excluding hydrogens is 368 g/mol. The van der Waals surface area contributed by atoms with Gasteiger partial charge in [0.2, 0.25) is 0 Å². The minimum absolute atomic E-state index is 0.292. The van der Waals surface area contributed by atoms with Crippen LogP contribution in [0.5, 0.6) is 5.75 Å². The van der Waals surface area contributed by atoms with Crippen molar-refractivity contribution in [2.24, 2.45) is 5.92 Å². The van der Waals surface area contributed by atoms with Crippen LogP contribution in [0.4, 0.5) is 0 Å². The predicted molar refractivity (Wildman–Crippen MR) is 125 cm³/mol. The summed E-state index contributed by atoms with van der Waals surface area (Å²) in [6.07, 6.45) is 12.6. The molecular formula is C28H38O2. The molecule has 1 saturated heterocycles. The molecule has 0 aromatic heterocycles. The van der Waals surface area contributed by atoms with Gasteiger partial charge in [-0.3, -0.25) is 0 Å². The van der Waals surface area contributed by atoms with Crippen LogP contribution in [0.2, 0.25) is 0 Å². The van der Waals surface area contributed by atoms with Crippen LogP contribution in [0.1, 0.15) is 83.1 Å². The van der Waals surface area contributed by atoms with Crippen LogP contribution < -0.4 is 4.74 Å². The van der Waals surface area contributed by atoms with Gasteiger partial charge in [-0.05, 0) is 72.8 Å². The fourth-order valence-electron chi connectivity index (χ4n) is 5.05. The van der Waals surface area contributed by atoms with Gasteiger partial charge in [0.05, 0.1) is 6.10 Å². The third-order valence-electron chi connectivity index (χ3n) is 7.06. The van der Waals surface area contributed by atoms with E-state index in [9.17, 15) is 0 Å². The topological polar surface area (TPSA) is 21.8 Å². The molecule has 0 unspecified atom stereocenters. The van der Waals surface area contributed by atoms with Crippen LogP contribution in [0.3, 0.4) is 0 Å². The Balaban J connectivity index is 1.26. The minimum atomic E-state index is 0.292. The second kappa shape index (κ2) is 10.5. The van der Waals surface area contributed by atoms with Crippen LogP contribution in [0, 0.1) is 5.92 Å². The van der Waals surface area contributed by atoms with E-state index in [1.807, 2.05) is 0 Å². The molecule has 2 aliphatic rings. The largest absolute Gasteiger partial charge is 0.491 e. The molecule has 0 radical (unpaired) electrons. The summed E-state index contributed by atoms with van der Waals surface area (Å²) in [4.78, 5) is 0. The van der Waals surface area contributed by atoms with Gasteiger partial charge in [0, 0.05) is 0 Å². The Morgan fingerprint density at radius 3 is 2.07 bits per heavy atom. The van der Waals surface area contributed by atoms with Gasteiger partial charge in [0.1, 0.15) is 18.5 Å². The molecule has 2 aromatic carbocycles. The van der Waals surface area contributed by atoms with E-state index in [1.165, 1.54) is 74.5 Å². The van der Waals surface area contributed by atoms with Gasteiger partial charge < -0.3 is 9.47 Å². The van der Waals surface area contributed by atoms with E-state index in [2.05, 4.69) is 62.4 Å². The molecule has 0 amide bonds. The Morgan fingerprint density at radius 1 is 0.767 bits per heavy atom. The van der Waals surface area contributed by atoms with Gasteiger partial charge in [-0.1, -0.05) is 75.9 Å². The molecule has 2 atom stereocenters. The minimum Gasteiger partial charge on any atom is -0.491 e. The molecule has 1 heterocycles. The molecule has 0 bridgehead atoms. The zero-order chi connectivity index (χ0) is 20.8. The highest BCUT2D eigenvalue weighted by Gasteiger charge is 2.38. The first-order valence-corrected chi connectivity index (χ1v) is 12.3. The van der Waals surface area contributed by atoms with Crippen molar-refractivity contribution < 1.29 is 9.47 Å². The van der Waals surface area contributed by atoms with Crippen LogP contribution in [-0.2, 0) is 4.74 Å². The van der Waals surface area contributed by atoms with Gasteiger partial charge in [-0.15, -0.1) is 0 Å². The van der Waals surface area contributed by atoms with Crippen molar-refractivity contribution in [3.05, 3.63) is 54.1 Å². The molecule has 2 heteroatoms. The fraction of sp³-hybridized carbons (Fsp3) is 0.571. The maximum Gasteiger partial charge on any atom is 0.119 e. The van der Waals surface area contributed by atoms with Crippen molar-refractivity contribution in [2.75, 3.05) is 6.61 Å². The van der Waals surface area contributed by atoms with Crippen LogP contribution in [0.15, 0.2) is 48.5 Å². The summed E-state index contributed by atoms with van der Waals surface area (Å²) in [6.45, 7) is 5.21. The Kier molecular flexibility index (Phi) is 7.49. The maximum absolute atomic E-state index is 5.93. The zero-order valence-corrected chi connectivity index (χ0v) is 18.8. The van der Waals surface area contributed by atoms with E-state index in [-0.39, 0.29) is 0 Å². The monoisotopic (exact) mass is 406 g/mol. The summed E-state index contributed by atoms with van der Waals surface area (Å²) in [6, 6.07) is 17.8. The van der Waals surface area contributed by atoms with Crippen molar-refractivity contribution in [1.29, 1.82) is 0 Å². The molecule has 0 spiro atoms. The number of hydrogen-bond donors (Lipinski definition) is 0. The van der Waals surface area contributed by atoms with Crippen LogP contribution >= 0.6 is 0 Å². The fourth-order valence-corrected chi connectivity index (χ4v) is 5.05. The number of hydrogen-bond acceptors (Lipinski definition) is 2. The number of ether oxygens (including phenoxy) is 2. The van der Waals surface area contributed by atoms with E-state index in [0.717, 1.165) is 17.6 Å². The van der Waals surface area contributed by atoms with Gasteiger partial charge in [0.25, 0.3) is 0 Å². The quantitative estimate of drug-likeness (QED) is 0.376. The number of rotatable bonds is 10. The van der Waals surface area contributed by atoms with E-state index in [0.29, 0.717) is 18.8 Å². The van der Waals surface area contributed by atoms with Crippen molar-refractivity contribution in [3.8, 4) is 16.9 Å². The molecule has 0 N–H and O–H groups in total. The van der Waals surface area contributed by atoms with Crippen molar-refractivity contribution in [1.82, 2.24) is 0 Å². The van der Waals surface area contributed by atoms with Gasteiger partial charge >= 0.3 is 0 Å². The summed E-state index contributed by atoms with van der Waals surface area (Å²) in [5, 5.41) is 0. The Morgan fingerprint density at radius 2 is 1.43 bits per heavy atom. The highest BCUT2D eigenvalue weighted by atomic mass is 16.6. The van der Waals surface area contributed by atoms with Gasteiger partial charge in [-0.25, -0.2) is 0 Å². The van der Waals surface area contributed by atoms with E-state index in [1.54, 1.807) is 0 Å². The Hall–Kier alpha value is -1.80. The predicted octanol–water partition coefficient (Wildman–Crippen LogP) is 7.76. The lowest BCUT2D eigenvalue weighted by atomic mass is 9.77. The number of benzene rings is 2. The maximum atomic E-state index is 5.93. The molecule has 162 valence electrons. The lowest BCUT2D eigenvalue weighted by molar-refractivity contribution is 0.259. The molecule has 1 saturated carbocycles. The summed E-state index contributed by atoms with van der Waals surface area (Å²) < 4.78 is 11.6. The SMILES string of the molecule is CCCC[C@@H]1O[C@H]1COc1ccc(-c2ccc(C3CCC(CCC)CC3)cc2)cc1. The molecule has 1 aliphatic heterocycles. The van der Waals surface area contributed by atoms with Gasteiger partial charge in [-0.2, -0.15) is 0 Å². The second-order valence-electron chi connectivity index (χ2n) is 9.32. The molecule has 1 aliphatic carbocycles. The first-order valence-electron chi connectivity index (χ1n) is 12.3. The highest BCUT2D eigenvalue weighted by Crippen LogP contribution is 2.38. The third-order valence-corrected chi connectivity index (χ3v) is 7.06. The smallest absolute Gasteiger partial charge is 0.119 e. The van der Waals surface area contributed by atoms with E-state index < -0.39 is 0 Å². The van der Waals surface area contributed by atoms with Crippen LogP contribution in [-0.4, -0.2) is 18.8 Å². The standard InChI is InChI=1S/C28H38O2/c1-3-5-7-27-28(30-27)20-29-26-18-16-25(17-19-26)24-14-12-23(13-15-24)22-10-8-21(6-4-2)9-11-22/h12-19,21-22,27-28H,3-11,20H2,1-2H3/t21?,22?,27-,28-/m0/s1. The summed E-state index contributed by atoms with van der Waals surface area (Å²) in [7, 11) is 0. The van der Waals surface area contributed by atoms with Crippen LogP contribution in [0.25, 0.3) is 11.1 Å². The average Bonchev–Trinajstić information content (AvgIpc) is 3.56.